The molecule has 0 saturated heterocycles. The molecular formula is C18H16BrN3O3S. The molecule has 26 heavy (non-hydrogen) atoms. The van der Waals surface area contributed by atoms with Crippen molar-refractivity contribution in [2.75, 3.05) is 11.9 Å². The maximum Gasteiger partial charge on any atom is 0.286 e. The van der Waals surface area contributed by atoms with E-state index in [1.165, 1.54) is 17.6 Å². The van der Waals surface area contributed by atoms with Crippen molar-refractivity contribution in [3.05, 3.63) is 58.3 Å². The van der Waals surface area contributed by atoms with E-state index in [4.69, 9.17) is 4.42 Å². The van der Waals surface area contributed by atoms with Gasteiger partial charge in [0.1, 0.15) is 0 Å². The number of halogens is 1. The van der Waals surface area contributed by atoms with Gasteiger partial charge in [0.05, 0.1) is 12.0 Å². The molecule has 0 aliphatic heterocycles. The minimum Gasteiger partial charge on any atom is -0.459 e. The van der Waals surface area contributed by atoms with Crippen molar-refractivity contribution in [1.82, 2.24) is 10.3 Å². The Morgan fingerprint density at radius 3 is 2.73 bits per heavy atom. The molecule has 2 aromatic heterocycles. The number of carbonyl (C=O) groups is 2. The summed E-state index contributed by atoms with van der Waals surface area (Å²) in [6.07, 6.45) is 2.27. The number of thiazole rings is 1. The zero-order valence-corrected chi connectivity index (χ0v) is 16.1. The van der Waals surface area contributed by atoms with Gasteiger partial charge in [-0.1, -0.05) is 28.1 Å². The number of carbonyl (C=O) groups excluding carboxylic acids is 2. The summed E-state index contributed by atoms with van der Waals surface area (Å²) >= 11 is 4.78. The van der Waals surface area contributed by atoms with E-state index in [1.807, 2.05) is 29.6 Å². The molecule has 0 aliphatic rings. The van der Waals surface area contributed by atoms with Gasteiger partial charge in [0.15, 0.2) is 10.9 Å². The van der Waals surface area contributed by atoms with Crippen molar-refractivity contribution in [2.24, 2.45) is 0 Å². The van der Waals surface area contributed by atoms with Crippen LogP contribution in [-0.4, -0.2) is 23.3 Å². The standard InChI is InChI=1S/C18H16BrN3O3S/c19-13-7-5-12(6-8-13)14-11-26-18(21-14)22-16(23)4-1-9-20-17(24)15-3-2-10-25-15/h2-3,5-8,10-11H,1,4,9H2,(H,20,24)(H,21,22,23). The van der Waals surface area contributed by atoms with Crippen LogP contribution in [-0.2, 0) is 4.79 Å². The quantitative estimate of drug-likeness (QED) is 0.543. The Morgan fingerprint density at radius 2 is 2.00 bits per heavy atom. The molecule has 8 heteroatoms. The van der Waals surface area contributed by atoms with E-state index in [9.17, 15) is 9.59 Å². The maximum atomic E-state index is 12.0. The van der Waals surface area contributed by atoms with Crippen molar-refractivity contribution in [3.63, 3.8) is 0 Å². The Morgan fingerprint density at radius 1 is 1.19 bits per heavy atom. The minimum absolute atomic E-state index is 0.131. The van der Waals surface area contributed by atoms with Crippen molar-refractivity contribution >= 4 is 44.2 Å². The van der Waals surface area contributed by atoms with Crippen LogP contribution in [0.2, 0.25) is 0 Å². The van der Waals surface area contributed by atoms with Gasteiger partial charge in [-0.3, -0.25) is 9.59 Å². The summed E-state index contributed by atoms with van der Waals surface area (Å²) in [7, 11) is 0. The molecule has 0 atom stereocenters. The molecular weight excluding hydrogens is 418 g/mol. The molecule has 134 valence electrons. The minimum atomic E-state index is -0.283. The first-order chi connectivity index (χ1) is 12.6. The highest BCUT2D eigenvalue weighted by atomic mass is 79.9. The van der Waals surface area contributed by atoms with E-state index in [-0.39, 0.29) is 17.6 Å². The summed E-state index contributed by atoms with van der Waals surface area (Å²) in [5.41, 5.74) is 1.81. The lowest BCUT2D eigenvalue weighted by molar-refractivity contribution is -0.116. The number of amides is 2. The average Bonchev–Trinajstić information content (AvgIpc) is 3.31. The predicted octanol–water partition coefficient (Wildman–Crippen LogP) is 4.31. The van der Waals surface area contributed by atoms with Crippen LogP contribution in [0, 0.1) is 0 Å². The second-order valence-electron chi connectivity index (χ2n) is 5.43. The summed E-state index contributed by atoms with van der Waals surface area (Å²) in [5.74, 6) is -0.152. The van der Waals surface area contributed by atoms with E-state index in [1.54, 1.807) is 12.1 Å². The lowest BCUT2D eigenvalue weighted by Crippen LogP contribution is -2.25. The second kappa shape index (κ2) is 8.77. The molecule has 0 unspecified atom stereocenters. The lowest BCUT2D eigenvalue weighted by atomic mass is 10.2. The number of nitrogens with zero attached hydrogens (tertiary/aromatic N) is 1. The van der Waals surface area contributed by atoms with E-state index in [2.05, 4.69) is 31.5 Å². The predicted molar refractivity (Wildman–Crippen MR) is 104 cm³/mol. The Bertz CT molecular complexity index is 875. The molecule has 0 radical (unpaired) electrons. The molecule has 0 bridgehead atoms. The summed E-state index contributed by atoms with van der Waals surface area (Å²) in [6, 6.07) is 11.1. The first kappa shape index (κ1) is 18.3. The number of hydrogen-bond donors (Lipinski definition) is 2. The third-order valence-corrected chi connectivity index (χ3v) is 4.79. The second-order valence-corrected chi connectivity index (χ2v) is 7.20. The molecule has 2 amide bonds. The Kier molecular flexibility index (Phi) is 6.19. The summed E-state index contributed by atoms with van der Waals surface area (Å²) in [4.78, 5) is 28.1. The van der Waals surface area contributed by atoms with Gasteiger partial charge < -0.3 is 15.1 Å². The highest BCUT2D eigenvalue weighted by Crippen LogP contribution is 2.26. The van der Waals surface area contributed by atoms with Crippen LogP contribution in [0.5, 0.6) is 0 Å². The van der Waals surface area contributed by atoms with Gasteiger partial charge >= 0.3 is 0 Å². The van der Waals surface area contributed by atoms with Crippen LogP contribution in [0.25, 0.3) is 11.3 Å². The molecule has 2 N–H and O–H groups in total. The third-order valence-electron chi connectivity index (χ3n) is 3.50. The fraction of sp³-hybridized carbons (Fsp3) is 0.167. The number of anilines is 1. The van der Waals surface area contributed by atoms with Gasteiger partial charge in [-0.05, 0) is 30.7 Å². The van der Waals surface area contributed by atoms with Crippen molar-refractivity contribution in [1.29, 1.82) is 0 Å². The lowest BCUT2D eigenvalue weighted by Gasteiger charge is -2.03. The molecule has 2 heterocycles. The first-order valence-corrected chi connectivity index (χ1v) is 9.62. The molecule has 0 saturated carbocycles. The van der Waals surface area contributed by atoms with Gasteiger partial charge in [0.25, 0.3) is 5.91 Å². The van der Waals surface area contributed by atoms with Gasteiger partial charge in [-0.25, -0.2) is 4.98 Å². The van der Waals surface area contributed by atoms with E-state index in [0.29, 0.717) is 24.5 Å². The van der Waals surface area contributed by atoms with Gasteiger partial charge in [0, 0.05) is 28.4 Å². The third kappa shape index (κ3) is 5.03. The van der Waals surface area contributed by atoms with Crippen molar-refractivity contribution < 1.29 is 14.0 Å². The van der Waals surface area contributed by atoms with E-state index in [0.717, 1.165) is 15.7 Å². The highest BCUT2D eigenvalue weighted by Gasteiger charge is 2.10. The number of rotatable bonds is 7. The normalized spacial score (nSPS) is 10.5. The van der Waals surface area contributed by atoms with Crippen LogP contribution < -0.4 is 10.6 Å². The number of nitrogens with one attached hydrogen (secondary N) is 2. The Labute approximate surface area is 162 Å². The number of hydrogen-bond acceptors (Lipinski definition) is 5. The molecule has 0 aliphatic carbocycles. The van der Waals surface area contributed by atoms with Crippen LogP contribution in [0.4, 0.5) is 5.13 Å². The van der Waals surface area contributed by atoms with Crippen LogP contribution in [0.1, 0.15) is 23.4 Å². The van der Waals surface area contributed by atoms with Gasteiger partial charge in [-0.2, -0.15) is 0 Å². The molecule has 0 spiro atoms. The SMILES string of the molecule is O=C(CCCNC(=O)c1ccco1)Nc1nc(-c2ccc(Br)cc2)cs1. The fourth-order valence-electron chi connectivity index (χ4n) is 2.21. The summed E-state index contributed by atoms with van der Waals surface area (Å²) in [6.45, 7) is 0.398. The molecule has 1 aromatic carbocycles. The largest absolute Gasteiger partial charge is 0.459 e. The Hall–Kier alpha value is -2.45. The Balaban J connectivity index is 1.42. The number of benzene rings is 1. The highest BCUT2D eigenvalue weighted by molar-refractivity contribution is 9.10. The monoisotopic (exact) mass is 433 g/mol. The van der Waals surface area contributed by atoms with Crippen molar-refractivity contribution in [2.45, 2.75) is 12.8 Å². The molecule has 0 fully saturated rings. The fourth-order valence-corrected chi connectivity index (χ4v) is 3.21. The molecule has 3 rings (SSSR count). The van der Waals surface area contributed by atoms with E-state index >= 15 is 0 Å². The van der Waals surface area contributed by atoms with Gasteiger partial charge in [-0.15, -0.1) is 11.3 Å². The van der Waals surface area contributed by atoms with Gasteiger partial charge in [0.2, 0.25) is 5.91 Å². The molecule has 6 nitrogen and oxygen atoms in total. The maximum absolute atomic E-state index is 12.0. The van der Waals surface area contributed by atoms with Crippen molar-refractivity contribution in [3.8, 4) is 11.3 Å². The van der Waals surface area contributed by atoms with Crippen LogP contribution in [0.3, 0.4) is 0 Å². The summed E-state index contributed by atoms with van der Waals surface area (Å²) < 4.78 is 6.00. The first-order valence-electron chi connectivity index (χ1n) is 7.95. The van der Waals surface area contributed by atoms with E-state index < -0.39 is 0 Å². The smallest absolute Gasteiger partial charge is 0.286 e. The zero-order chi connectivity index (χ0) is 18.4. The van der Waals surface area contributed by atoms with Crippen LogP contribution in [0.15, 0.2) is 56.9 Å². The number of furan rings is 1. The topological polar surface area (TPSA) is 84.2 Å². The number of aromatic nitrogens is 1. The average molecular weight is 434 g/mol. The zero-order valence-electron chi connectivity index (χ0n) is 13.7. The summed E-state index contributed by atoms with van der Waals surface area (Å²) in [5, 5.41) is 7.96. The molecule has 3 aromatic rings. The van der Waals surface area contributed by atoms with Crippen LogP contribution >= 0.6 is 27.3 Å².